The molecule has 0 spiro atoms. The van der Waals surface area contributed by atoms with Gasteiger partial charge in [-0.05, 0) is 26.7 Å². The smallest absolute Gasteiger partial charge is 0.335 e. The molecule has 0 aromatic rings. The normalized spacial score (nSPS) is 12.2. The van der Waals surface area contributed by atoms with Gasteiger partial charge >= 0.3 is 7.60 Å². The summed E-state index contributed by atoms with van der Waals surface area (Å²) in [7, 11) is -3.14. The van der Waals surface area contributed by atoms with Crippen molar-refractivity contribution in [3.05, 3.63) is 0 Å². The van der Waals surface area contributed by atoms with Gasteiger partial charge in [-0.15, -0.1) is 0 Å². The Kier molecular flexibility index (Phi) is 12.8. The minimum absolute atomic E-state index is 0.155. The van der Waals surface area contributed by atoms with E-state index in [4.69, 9.17) is 18.5 Å². The summed E-state index contributed by atoms with van der Waals surface area (Å²) in [6, 6.07) is 0. The van der Waals surface area contributed by atoms with Gasteiger partial charge in [0, 0.05) is 13.2 Å². The molecule has 20 heavy (non-hydrogen) atoms. The van der Waals surface area contributed by atoms with Crippen LogP contribution in [-0.2, 0) is 23.1 Å². The van der Waals surface area contributed by atoms with E-state index in [9.17, 15) is 4.57 Å². The van der Waals surface area contributed by atoms with Crippen LogP contribution in [0.1, 0.15) is 53.4 Å². The number of rotatable bonds is 14. The van der Waals surface area contributed by atoms with Gasteiger partial charge in [0.15, 0.2) is 6.29 Å². The Labute approximate surface area is 123 Å². The molecule has 0 saturated heterocycles. The second-order valence-electron chi connectivity index (χ2n) is 4.51. The fraction of sp³-hybridized carbons (Fsp3) is 1.00. The summed E-state index contributed by atoms with van der Waals surface area (Å²) in [5, 5.41) is 0. The van der Waals surface area contributed by atoms with Gasteiger partial charge in [0.2, 0.25) is 0 Å². The third kappa shape index (κ3) is 9.89. The highest BCUT2D eigenvalue weighted by molar-refractivity contribution is 7.53. The molecule has 5 nitrogen and oxygen atoms in total. The third-order valence-electron chi connectivity index (χ3n) is 2.65. The highest BCUT2D eigenvalue weighted by Crippen LogP contribution is 2.49. The average Bonchev–Trinajstić information content (AvgIpc) is 2.40. The summed E-state index contributed by atoms with van der Waals surface area (Å²) in [5.41, 5.74) is 0. The monoisotopic (exact) mass is 310 g/mol. The minimum atomic E-state index is -3.14. The van der Waals surface area contributed by atoms with Gasteiger partial charge < -0.3 is 18.5 Å². The van der Waals surface area contributed by atoms with Crippen molar-refractivity contribution in [2.75, 3.05) is 32.6 Å². The fourth-order valence-electron chi connectivity index (χ4n) is 1.55. The first kappa shape index (κ1) is 20.1. The number of ether oxygens (including phenoxy) is 2. The minimum Gasteiger partial charge on any atom is -0.352 e. The lowest BCUT2D eigenvalue weighted by Crippen LogP contribution is -2.23. The maximum atomic E-state index is 12.7. The van der Waals surface area contributed by atoms with Gasteiger partial charge in [-0.3, -0.25) is 4.57 Å². The maximum Gasteiger partial charge on any atom is 0.335 e. The molecule has 0 heterocycles. The summed E-state index contributed by atoms with van der Waals surface area (Å²) < 4.78 is 34.6. The first-order valence-electron chi connectivity index (χ1n) is 7.73. The van der Waals surface area contributed by atoms with Crippen LogP contribution in [0.4, 0.5) is 0 Å². The molecule has 0 rings (SSSR count). The van der Waals surface area contributed by atoms with Crippen molar-refractivity contribution in [2.24, 2.45) is 0 Å². The van der Waals surface area contributed by atoms with Crippen LogP contribution in [0.25, 0.3) is 0 Å². The standard InChI is InChI=1S/C14H31O5P/c1-5-9-11-18-20(15,19-12-10-6-2)13-14(16-7-3)17-8-4/h14H,5-13H2,1-4H3. The molecule has 0 N–H and O–H groups in total. The Morgan fingerprint density at radius 1 is 0.850 bits per heavy atom. The second-order valence-corrected chi connectivity index (χ2v) is 6.61. The summed E-state index contributed by atoms with van der Waals surface area (Å²) in [6.45, 7) is 9.81. The van der Waals surface area contributed by atoms with Crippen molar-refractivity contribution in [1.82, 2.24) is 0 Å². The molecule has 0 unspecified atom stereocenters. The van der Waals surface area contributed by atoms with E-state index >= 15 is 0 Å². The zero-order chi connectivity index (χ0) is 15.3. The molecule has 0 aromatic heterocycles. The van der Waals surface area contributed by atoms with E-state index in [-0.39, 0.29) is 6.16 Å². The van der Waals surface area contributed by atoms with Gasteiger partial charge in [-0.1, -0.05) is 26.7 Å². The number of unbranched alkanes of at least 4 members (excludes halogenated alkanes) is 2. The summed E-state index contributed by atoms with van der Waals surface area (Å²) >= 11 is 0. The van der Waals surface area contributed by atoms with E-state index in [1.165, 1.54) is 0 Å². The predicted octanol–water partition coefficient (Wildman–Crippen LogP) is 4.21. The zero-order valence-corrected chi connectivity index (χ0v) is 14.3. The first-order chi connectivity index (χ1) is 9.61. The number of hydrogen-bond acceptors (Lipinski definition) is 5. The number of hydrogen-bond donors (Lipinski definition) is 0. The average molecular weight is 310 g/mol. The Morgan fingerprint density at radius 2 is 1.30 bits per heavy atom. The zero-order valence-electron chi connectivity index (χ0n) is 13.4. The van der Waals surface area contributed by atoms with Crippen molar-refractivity contribution >= 4 is 7.60 Å². The van der Waals surface area contributed by atoms with Crippen LogP contribution in [0.15, 0.2) is 0 Å². The van der Waals surface area contributed by atoms with E-state index in [0.717, 1.165) is 25.7 Å². The van der Waals surface area contributed by atoms with Gasteiger partial charge in [0.25, 0.3) is 0 Å². The maximum absolute atomic E-state index is 12.7. The van der Waals surface area contributed by atoms with Crippen LogP contribution in [0.5, 0.6) is 0 Å². The van der Waals surface area contributed by atoms with E-state index in [1.807, 2.05) is 13.8 Å². The second kappa shape index (κ2) is 12.8. The SMILES string of the molecule is CCCCOP(=O)(CC(OCC)OCC)OCCCC. The molecule has 0 aromatic carbocycles. The fourth-order valence-corrected chi connectivity index (χ4v) is 3.22. The van der Waals surface area contributed by atoms with Crippen molar-refractivity contribution in [3.63, 3.8) is 0 Å². The van der Waals surface area contributed by atoms with E-state index in [1.54, 1.807) is 0 Å². The van der Waals surface area contributed by atoms with Crippen LogP contribution >= 0.6 is 7.60 Å². The van der Waals surface area contributed by atoms with Crippen LogP contribution in [-0.4, -0.2) is 38.9 Å². The van der Waals surface area contributed by atoms with E-state index < -0.39 is 13.9 Å². The summed E-state index contributed by atoms with van der Waals surface area (Å²) in [4.78, 5) is 0. The topological polar surface area (TPSA) is 54.0 Å². The van der Waals surface area contributed by atoms with E-state index in [2.05, 4.69) is 13.8 Å². The lowest BCUT2D eigenvalue weighted by Gasteiger charge is -2.23. The van der Waals surface area contributed by atoms with E-state index in [0.29, 0.717) is 26.4 Å². The molecular weight excluding hydrogens is 279 g/mol. The van der Waals surface area contributed by atoms with Crippen molar-refractivity contribution in [1.29, 1.82) is 0 Å². The van der Waals surface area contributed by atoms with Crippen LogP contribution in [0.3, 0.4) is 0 Å². The highest BCUT2D eigenvalue weighted by atomic mass is 31.2. The molecule has 6 heteroatoms. The van der Waals surface area contributed by atoms with Gasteiger partial charge in [-0.2, -0.15) is 0 Å². The molecule has 0 radical (unpaired) electrons. The Hall–Kier alpha value is 0.0700. The van der Waals surface area contributed by atoms with Crippen LogP contribution in [0, 0.1) is 0 Å². The van der Waals surface area contributed by atoms with Gasteiger partial charge in [0.1, 0.15) is 6.16 Å². The molecule has 0 aliphatic carbocycles. The lowest BCUT2D eigenvalue weighted by atomic mass is 10.4. The molecule has 0 atom stereocenters. The largest absolute Gasteiger partial charge is 0.352 e. The van der Waals surface area contributed by atoms with Gasteiger partial charge in [-0.25, -0.2) is 0 Å². The third-order valence-corrected chi connectivity index (χ3v) is 4.55. The lowest BCUT2D eigenvalue weighted by molar-refractivity contribution is -0.123. The molecule has 0 aliphatic rings. The molecular formula is C14H31O5P. The van der Waals surface area contributed by atoms with Crippen LogP contribution in [0.2, 0.25) is 0 Å². The molecule has 0 saturated carbocycles. The van der Waals surface area contributed by atoms with Crippen LogP contribution < -0.4 is 0 Å². The molecule has 0 amide bonds. The molecule has 0 aliphatic heterocycles. The highest BCUT2D eigenvalue weighted by Gasteiger charge is 2.30. The summed E-state index contributed by atoms with van der Waals surface area (Å²) in [6.07, 6.45) is 3.36. The quantitative estimate of drug-likeness (QED) is 0.273. The van der Waals surface area contributed by atoms with Crippen molar-refractivity contribution < 1.29 is 23.1 Å². The Bertz CT molecular complexity index is 240. The van der Waals surface area contributed by atoms with Crippen molar-refractivity contribution in [2.45, 2.75) is 59.7 Å². The first-order valence-corrected chi connectivity index (χ1v) is 9.45. The predicted molar refractivity (Wildman–Crippen MR) is 81.2 cm³/mol. The van der Waals surface area contributed by atoms with Gasteiger partial charge in [0.05, 0.1) is 13.2 Å². The molecule has 0 bridgehead atoms. The summed E-state index contributed by atoms with van der Waals surface area (Å²) in [5.74, 6) is 0. The Morgan fingerprint density at radius 3 is 1.65 bits per heavy atom. The van der Waals surface area contributed by atoms with Crippen molar-refractivity contribution in [3.8, 4) is 0 Å². The molecule has 0 fully saturated rings. The molecule has 122 valence electrons. The Balaban J connectivity index is 4.48.